The van der Waals surface area contributed by atoms with Crippen LogP contribution in [0.15, 0.2) is 23.5 Å². The molecule has 26 heavy (non-hydrogen) atoms. The summed E-state index contributed by atoms with van der Waals surface area (Å²) < 4.78 is 15.9. The first-order valence-electron chi connectivity index (χ1n) is 8.53. The molecule has 0 aliphatic carbocycles. The Morgan fingerprint density at radius 1 is 1.35 bits per heavy atom. The van der Waals surface area contributed by atoms with E-state index < -0.39 is 5.97 Å². The molecule has 0 atom stereocenters. The molecule has 140 valence electrons. The number of hydrogen-bond donors (Lipinski definition) is 1. The molecule has 0 bridgehead atoms. The second kappa shape index (κ2) is 7.97. The number of halogens is 1. The molecular formula is C18H21ClN2O5. The van der Waals surface area contributed by atoms with Crippen molar-refractivity contribution in [3.05, 3.63) is 34.1 Å². The van der Waals surface area contributed by atoms with E-state index in [2.05, 4.69) is 5.43 Å². The van der Waals surface area contributed by atoms with E-state index in [0.29, 0.717) is 42.5 Å². The molecule has 0 aromatic heterocycles. The van der Waals surface area contributed by atoms with Gasteiger partial charge in [-0.15, -0.1) is 0 Å². The molecule has 1 N–H and O–H groups in total. The number of amides is 1. The predicted octanol–water partition coefficient (Wildman–Crippen LogP) is 2.92. The monoisotopic (exact) mass is 380 g/mol. The van der Waals surface area contributed by atoms with E-state index in [1.54, 1.807) is 19.1 Å². The Hall–Kier alpha value is -2.25. The van der Waals surface area contributed by atoms with Gasteiger partial charge in [0, 0.05) is 30.6 Å². The van der Waals surface area contributed by atoms with Crippen molar-refractivity contribution in [2.24, 2.45) is 0 Å². The second-order valence-corrected chi connectivity index (χ2v) is 6.58. The number of hydrogen-bond acceptors (Lipinski definition) is 6. The van der Waals surface area contributed by atoms with Crippen LogP contribution in [-0.4, -0.2) is 30.2 Å². The van der Waals surface area contributed by atoms with E-state index in [1.807, 2.05) is 6.92 Å². The number of rotatable bonds is 6. The van der Waals surface area contributed by atoms with Crippen LogP contribution < -0.4 is 14.9 Å². The lowest BCUT2D eigenvalue weighted by molar-refractivity contribution is -0.147. The lowest BCUT2D eigenvalue weighted by atomic mass is 10.1. The molecule has 0 radical (unpaired) electrons. The van der Waals surface area contributed by atoms with Crippen molar-refractivity contribution in [2.75, 3.05) is 13.3 Å². The normalized spacial score (nSPS) is 16.3. The van der Waals surface area contributed by atoms with Crippen LogP contribution in [0, 0.1) is 0 Å². The van der Waals surface area contributed by atoms with Gasteiger partial charge in [-0.25, -0.2) is 5.43 Å². The van der Waals surface area contributed by atoms with Gasteiger partial charge in [0.05, 0.1) is 0 Å². The van der Waals surface area contributed by atoms with E-state index in [1.165, 1.54) is 5.01 Å². The minimum Gasteiger partial charge on any atom is -0.454 e. The van der Waals surface area contributed by atoms with Gasteiger partial charge in [0.25, 0.3) is 0 Å². The highest BCUT2D eigenvalue weighted by Gasteiger charge is 2.28. The highest BCUT2D eigenvalue weighted by Crippen LogP contribution is 2.36. The molecule has 0 spiro atoms. The first kappa shape index (κ1) is 18.5. The molecule has 2 aliphatic heterocycles. The second-order valence-electron chi connectivity index (χ2n) is 6.17. The van der Waals surface area contributed by atoms with Crippen molar-refractivity contribution in [1.29, 1.82) is 0 Å². The van der Waals surface area contributed by atoms with Crippen LogP contribution >= 0.6 is 11.6 Å². The van der Waals surface area contributed by atoms with E-state index in [0.717, 1.165) is 11.1 Å². The van der Waals surface area contributed by atoms with E-state index in [-0.39, 0.29) is 24.9 Å². The Bertz CT molecular complexity index is 762. The van der Waals surface area contributed by atoms with Crippen molar-refractivity contribution in [2.45, 2.75) is 39.7 Å². The summed E-state index contributed by atoms with van der Waals surface area (Å²) in [6, 6.07) is 3.48. The van der Waals surface area contributed by atoms with Crippen LogP contribution in [0.1, 0.15) is 38.7 Å². The van der Waals surface area contributed by atoms with Gasteiger partial charge in [-0.05, 0) is 37.0 Å². The molecule has 0 fully saturated rings. The fourth-order valence-electron chi connectivity index (χ4n) is 2.73. The zero-order valence-corrected chi connectivity index (χ0v) is 15.5. The van der Waals surface area contributed by atoms with E-state index in [4.69, 9.17) is 25.8 Å². The zero-order chi connectivity index (χ0) is 18.7. The van der Waals surface area contributed by atoms with Crippen LogP contribution in [0.3, 0.4) is 0 Å². The Morgan fingerprint density at radius 2 is 2.08 bits per heavy atom. The van der Waals surface area contributed by atoms with Crippen molar-refractivity contribution in [3.8, 4) is 11.5 Å². The number of fused-ring (bicyclic) bond motifs is 1. The first-order chi connectivity index (χ1) is 12.5. The average molecular weight is 381 g/mol. The maximum atomic E-state index is 12.6. The Balaban J connectivity index is 1.66. The average Bonchev–Trinajstić information content (AvgIpc) is 3.05. The van der Waals surface area contributed by atoms with Crippen LogP contribution in [0.4, 0.5) is 0 Å². The van der Waals surface area contributed by atoms with Gasteiger partial charge in [0.1, 0.15) is 0 Å². The lowest BCUT2D eigenvalue weighted by Gasteiger charge is -2.29. The Kier molecular flexibility index (Phi) is 5.68. The van der Waals surface area contributed by atoms with Crippen LogP contribution in [0.5, 0.6) is 11.5 Å². The van der Waals surface area contributed by atoms with Crippen molar-refractivity contribution >= 4 is 23.5 Å². The SMILES string of the molecule is CCCC(=O)OC1=C(C)CCN(NCc2cc3c(cc2Cl)OCO3)C1=O. The number of nitrogens with one attached hydrogen (secondary N) is 1. The zero-order valence-electron chi connectivity index (χ0n) is 14.8. The van der Waals surface area contributed by atoms with E-state index >= 15 is 0 Å². The molecule has 3 rings (SSSR count). The predicted molar refractivity (Wildman–Crippen MR) is 94.4 cm³/mol. The Labute approximate surface area is 156 Å². The highest BCUT2D eigenvalue weighted by molar-refractivity contribution is 6.31. The number of benzene rings is 1. The molecule has 7 nitrogen and oxygen atoms in total. The lowest BCUT2D eigenvalue weighted by Crippen LogP contribution is -2.47. The summed E-state index contributed by atoms with van der Waals surface area (Å²) in [7, 11) is 0. The highest BCUT2D eigenvalue weighted by atomic mass is 35.5. The van der Waals surface area contributed by atoms with Gasteiger partial charge < -0.3 is 14.2 Å². The number of carbonyl (C=O) groups excluding carboxylic acids is 2. The summed E-state index contributed by atoms with van der Waals surface area (Å²) in [5.74, 6) is 0.600. The molecule has 0 saturated carbocycles. The number of carbonyl (C=O) groups is 2. The Morgan fingerprint density at radius 3 is 2.81 bits per heavy atom. The molecule has 1 aromatic rings. The number of ether oxygens (including phenoxy) is 3. The van der Waals surface area contributed by atoms with Gasteiger partial charge in [0.2, 0.25) is 6.79 Å². The fraction of sp³-hybridized carbons (Fsp3) is 0.444. The maximum absolute atomic E-state index is 12.6. The van der Waals surface area contributed by atoms with Crippen molar-refractivity contribution in [3.63, 3.8) is 0 Å². The molecule has 2 aliphatic rings. The van der Waals surface area contributed by atoms with Crippen LogP contribution in [-0.2, 0) is 20.9 Å². The molecule has 1 aromatic carbocycles. The summed E-state index contributed by atoms with van der Waals surface area (Å²) in [4.78, 5) is 24.4. The van der Waals surface area contributed by atoms with Gasteiger partial charge in [-0.2, -0.15) is 0 Å². The van der Waals surface area contributed by atoms with Gasteiger partial charge >= 0.3 is 11.9 Å². The van der Waals surface area contributed by atoms with E-state index in [9.17, 15) is 9.59 Å². The first-order valence-corrected chi connectivity index (χ1v) is 8.91. The molecule has 2 heterocycles. The standard InChI is InChI=1S/C18H21ClN2O5/c1-3-4-16(22)26-17-11(2)5-6-21(18(17)23)20-9-12-7-14-15(8-13(12)19)25-10-24-14/h7-8,20H,3-6,9-10H2,1-2H3. The van der Waals surface area contributed by atoms with Crippen molar-refractivity contribution in [1.82, 2.24) is 10.4 Å². The molecule has 8 heteroatoms. The number of nitrogens with zero attached hydrogens (tertiary/aromatic N) is 1. The molecule has 0 unspecified atom stereocenters. The summed E-state index contributed by atoms with van der Waals surface area (Å²) >= 11 is 6.26. The fourth-order valence-corrected chi connectivity index (χ4v) is 2.95. The minimum atomic E-state index is -0.393. The summed E-state index contributed by atoms with van der Waals surface area (Å²) in [6.07, 6.45) is 1.58. The molecule has 1 amide bonds. The molecular weight excluding hydrogens is 360 g/mol. The summed E-state index contributed by atoms with van der Waals surface area (Å²) in [5.41, 5.74) is 4.61. The summed E-state index contributed by atoms with van der Waals surface area (Å²) in [5, 5.41) is 1.97. The quantitative estimate of drug-likeness (QED) is 0.764. The third-order valence-electron chi connectivity index (χ3n) is 4.21. The third kappa shape index (κ3) is 3.94. The topological polar surface area (TPSA) is 77.1 Å². The third-order valence-corrected chi connectivity index (χ3v) is 4.56. The van der Waals surface area contributed by atoms with Gasteiger partial charge in [-0.3, -0.25) is 14.6 Å². The largest absolute Gasteiger partial charge is 0.454 e. The molecule has 0 saturated heterocycles. The van der Waals surface area contributed by atoms with Gasteiger partial charge in [0.15, 0.2) is 17.3 Å². The maximum Gasteiger partial charge on any atom is 0.311 e. The number of hydrazine groups is 1. The smallest absolute Gasteiger partial charge is 0.311 e. The van der Waals surface area contributed by atoms with Gasteiger partial charge in [-0.1, -0.05) is 18.5 Å². The summed E-state index contributed by atoms with van der Waals surface area (Å²) in [6.45, 7) is 4.68. The van der Waals surface area contributed by atoms with Crippen LogP contribution in [0.25, 0.3) is 0 Å². The van der Waals surface area contributed by atoms with Crippen molar-refractivity contribution < 1.29 is 23.8 Å². The van der Waals surface area contributed by atoms with Crippen LogP contribution in [0.2, 0.25) is 5.02 Å². The number of esters is 1. The minimum absolute atomic E-state index is 0.110.